The van der Waals surface area contributed by atoms with Gasteiger partial charge in [0.2, 0.25) is 0 Å². The topological polar surface area (TPSA) is 56.6 Å². The maximum atomic E-state index is 12.3. The highest BCUT2D eigenvalue weighted by molar-refractivity contribution is 5.44. The number of hydrogen-bond acceptors (Lipinski definition) is 4. The number of hydrogen-bond donors (Lipinski definition) is 2. The summed E-state index contributed by atoms with van der Waals surface area (Å²) in [6, 6.07) is 10.4. The van der Waals surface area contributed by atoms with E-state index in [9.17, 15) is 10.2 Å². The zero-order chi connectivity index (χ0) is 22.9. The predicted octanol–water partition coefficient (Wildman–Crippen LogP) is 4.30. The number of likely N-dealkylation sites (tertiary alicyclic amines) is 1. The molecule has 1 aromatic heterocycles. The van der Waals surface area contributed by atoms with Gasteiger partial charge in [-0.05, 0) is 55.8 Å². The van der Waals surface area contributed by atoms with E-state index < -0.39 is 5.60 Å². The van der Waals surface area contributed by atoms with Crippen LogP contribution in [0.1, 0.15) is 74.6 Å². The first-order valence-electron chi connectivity index (χ1n) is 11.9. The summed E-state index contributed by atoms with van der Waals surface area (Å²) in [4.78, 5) is 6.71. The van der Waals surface area contributed by atoms with Crippen LogP contribution in [0.15, 0.2) is 42.7 Å². The molecule has 1 saturated carbocycles. The standard InChI is InChI=1S/C28H36N2O2/c1-20(2)23-9-11-24(12-10-23)28(32,27(3)18-30(4)19-27)25-15-22(16-29-17-25)6-5-21-7-13-26(31)14-8-21/h9-12,15-17,20-21,26,31-32H,7-8,13-14,18-19H2,1-4H3/t21-,26-,28?. The SMILES string of the molecule is CC(C)c1ccc(C(O)(c2cncc(C#C[C@H]3CC[C@H](O)CC3)c2)C2(C)CN(C)C2)cc1. The molecule has 32 heavy (non-hydrogen) atoms. The molecule has 2 aliphatic rings. The lowest BCUT2D eigenvalue weighted by molar-refractivity contribution is -0.127. The summed E-state index contributed by atoms with van der Waals surface area (Å²) in [5, 5.41) is 22.0. The van der Waals surface area contributed by atoms with Gasteiger partial charge in [-0.1, -0.05) is 56.9 Å². The van der Waals surface area contributed by atoms with Gasteiger partial charge in [0.05, 0.1) is 6.10 Å². The van der Waals surface area contributed by atoms with Crippen molar-refractivity contribution < 1.29 is 10.2 Å². The van der Waals surface area contributed by atoms with Crippen molar-refractivity contribution in [3.05, 3.63) is 65.0 Å². The molecule has 0 spiro atoms. The number of pyridine rings is 1. The van der Waals surface area contributed by atoms with Gasteiger partial charge in [0, 0.05) is 47.9 Å². The minimum Gasteiger partial charge on any atom is -0.393 e. The maximum absolute atomic E-state index is 12.3. The molecule has 2 aromatic rings. The van der Waals surface area contributed by atoms with E-state index in [4.69, 9.17) is 0 Å². The van der Waals surface area contributed by atoms with Crippen LogP contribution in [0.5, 0.6) is 0 Å². The second-order valence-corrected chi connectivity index (χ2v) is 10.5. The Balaban J connectivity index is 1.69. The first-order valence-corrected chi connectivity index (χ1v) is 11.9. The molecule has 4 rings (SSSR count). The van der Waals surface area contributed by atoms with E-state index in [0.29, 0.717) is 11.8 Å². The van der Waals surface area contributed by atoms with Crippen LogP contribution in [0, 0.1) is 23.2 Å². The quantitative estimate of drug-likeness (QED) is 0.708. The molecule has 4 nitrogen and oxygen atoms in total. The Hall–Kier alpha value is -2.19. The molecule has 4 heteroatoms. The van der Waals surface area contributed by atoms with E-state index in [0.717, 1.165) is 55.5 Å². The van der Waals surface area contributed by atoms with Gasteiger partial charge in [0.15, 0.2) is 0 Å². The minimum atomic E-state index is -1.14. The third-order valence-electron chi connectivity index (χ3n) is 7.38. The zero-order valence-electron chi connectivity index (χ0n) is 19.8. The van der Waals surface area contributed by atoms with Crippen LogP contribution in [-0.2, 0) is 5.60 Å². The van der Waals surface area contributed by atoms with Crippen molar-refractivity contribution in [2.45, 2.75) is 64.1 Å². The fraction of sp³-hybridized carbons (Fsp3) is 0.536. The molecule has 1 aliphatic carbocycles. The zero-order valence-corrected chi connectivity index (χ0v) is 19.8. The van der Waals surface area contributed by atoms with Gasteiger partial charge >= 0.3 is 0 Å². The van der Waals surface area contributed by atoms with Crippen LogP contribution < -0.4 is 0 Å². The van der Waals surface area contributed by atoms with Crippen LogP contribution >= 0.6 is 0 Å². The van der Waals surface area contributed by atoms with E-state index in [1.165, 1.54) is 5.56 Å². The van der Waals surface area contributed by atoms with Crippen LogP contribution in [-0.4, -0.2) is 46.3 Å². The fourth-order valence-corrected chi connectivity index (χ4v) is 5.46. The molecule has 2 fully saturated rings. The predicted molar refractivity (Wildman–Crippen MR) is 128 cm³/mol. The molecule has 0 amide bonds. The van der Waals surface area contributed by atoms with Gasteiger partial charge in [-0.15, -0.1) is 0 Å². The van der Waals surface area contributed by atoms with Crippen molar-refractivity contribution >= 4 is 0 Å². The summed E-state index contributed by atoms with van der Waals surface area (Å²) in [5.41, 5.74) is 2.36. The summed E-state index contributed by atoms with van der Waals surface area (Å²) in [6.45, 7) is 8.16. The van der Waals surface area contributed by atoms with Gasteiger partial charge in [0.1, 0.15) is 5.60 Å². The summed E-state index contributed by atoms with van der Waals surface area (Å²) in [5.74, 6) is 7.45. The summed E-state index contributed by atoms with van der Waals surface area (Å²) in [7, 11) is 2.09. The van der Waals surface area contributed by atoms with Crippen molar-refractivity contribution in [1.29, 1.82) is 0 Å². The van der Waals surface area contributed by atoms with Crippen LogP contribution in [0.25, 0.3) is 0 Å². The summed E-state index contributed by atoms with van der Waals surface area (Å²) < 4.78 is 0. The molecule has 0 radical (unpaired) electrons. The molecule has 2 N–H and O–H groups in total. The van der Waals surface area contributed by atoms with Crippen molar-refractivity contribution in [2.75, 3.05) is 20.1 Å². The van der Waals surface area contributed by atoms with Gasteiger partial charge < -0.3 is 15.1 Å². The number of aliphatic hydroxyl groups excluding tert-OH is 1. The lowest BCUT2D eigenvalue weighted by Crippen LogP contribution is -2.63. The van der Waals surface area contributed by atoms with Gasteiger partial charge in [-0.25, -0.2) is 0 Å². The number of benzene rings is 1. The van der Waals surface area contributed by atoms with E-state index in [-0.39, 0.29) is 11.5 Å². The van der Waals surface area contributed by atoms with Crippen molar-refractivity contribution in [3.8, 4) is 11.8 Å². The Morgan fingerprint density at radius 2 is 1.72 bits per heavy atom. The Kier molecular flexibility index (Phi) is 6.45. The molecule has 1 unspecified atom stereocenters. The summed E-state index contributed by atoms with van der Waals surface area (Å²) in [6.07, 6.45) is 6.95. The van der Waals surface area contributed by atoms with Crippen LogP contribution in [0.3, 0.4) is 0 Å². The first-order chi connectivity index (χ1) is 15.2. The second-order valence-electron chi connectivity index (χ2n) is 10.5. The lowest BCUT2D eigenvalue weighted by atomic mass is 9.62. The van der Waals surface area contributed by atoms with Crippen LogP contribution in [0.4, 0.5) is 0 Å². The summed E-state index contributed by atoms with van der Waals surface area (Å²) >= 11 is 0. The van der Waals surface area contributed by atoms with Crippen molar-refractivity contribution in [1.82, 2.24) is 9.88 Å². The fourth-order valence-electron chi connectivity index (χ4n) is 5.46. The third kappa shape index (κ3) is 4.35. The molecule has 1 aliphatic heterocycles. The Labute approximate surface area is 192 Å². The highest BCUT2D eigenvalue weighted by Crippen LogP contribution is 2.50. The third-order valence-corrected chi connectivity index (χ3v) is 7.38. The van der Waals surface area contributed by atoms with Gasteiger partial charge in [0.25, 0.3) is 0 Å². The number of aromatic nitrogens is 1. The number of nitrogens with zero attached hydrogens (tertiary/aromatic N) is 2. The second kappa shape index (κ2) is 8.98. The van der Waals surface area contributed by atoms with E-state index in [1.807, 2.05) is 6.07 Å². The average Bonchev–Trinajstić information content (AvgIpc) is 2.77. The highest BCUT2D eigenvalue weighted by Gasteiger charge is 2.55. The van der Waals surface area contributed by atoms with Crippen molar-refractivity contribution in [2.24, 2.45) is 11.3 Å². The van der Waals surface area contributed by atoms with E-state index >= 15 is 0 Å². The van der Waals surface area contributed by atoms with Crippen molar-refractivity contribution in [3.63, 3.8) is 0 Å². The first kappa shape index (κ1) is 23.0. The number of rotatable bonds is 4. The molecule has 1 atom stereocenters. The molecule has 2 heterocycles. The molecule has 0 bridgehead atoms. The lowest BCUT2D eigenvalue weighted by Gasteiger charge is -2.55. The van der Waals surface area contributed by atoms with Gasteiger partial charge in [-0.3, -0.25) is 4.98 Å². The monoisotopic (exact) mass is 432 g/mol. The highest BCUT2D eigenvalue weighted by atomic mass is 16.3. The Bertz CT molecular complexity index is 990. The van der Waals surface area contributed by atoms with Gasteiger partial charge in [-0.2, -0.15) is 0 Å². The molecule has 170 valence electrons. The molecular weight excluding hydrogens is 396 g/mol. The molecule has 1 aromatic carbocycles. The largest absolute Gasteiger partial charge is 0.393 e. The van der Waals surface area contributed by atoms with E-state index in [2.05, 4.69) is 73.8 Å². The maximum Gasteiger partial charge on any atom is 0.124 e. The average molecular weight is 433 g/mol. The molecular formula is C28H36N2O2. The number of aliphatic hydroxyl groups is 2. The minimum absolute atomic E-state index is 0.170. The Morgan fingerprint density at radius 1 is 1.06 bits per heavy atom. The molecule has 1 saturated heterocycles. The Morgan fingerprint density at radius 3 is 2.31 bits per heavy atom. The normalized spacial score (nSPS) is 24.8. The van der Waals surface area contributed by atoms with Crippen LogP contribution in [0.2, 0.25) is 0 Å². The van der Waals surface area contributed by atoms with E-state index in [1.54, 1.807) is 12.4 Å². The smallest absolute Gasteiger partial charge is 0.124 e.